The van der Waals surface area contributed by atoms with Crippen molar-refractivity contribution in [3.63, 3.8) is 0 Å². The van der Waals surface area contributed by atoms with Gasteiger partial charge in [0.2, 0.25) is 0 Å². The van der Waals surface area contributed by atoms with Crippen molar-refractivity contribution in [3.8, 4) is 17.2 Å². The van der Waals surface area contributed by atoms with E-state index in [1.807, 2.05) is 43.3 Å². The van der Waals surface area contributed by atoms with Gasteiger partial charge in [-0.25, -0.2) is 0 Å². The number of methoxy groups -OCH3 is 3. The minimum Gasteiger partial charge on any atom is -0.497 e. The molecule has 1 aliphatic heterocycles. The second kappa shape index (κ2) is 9.70. The molecule has 3 aromatic rings. The molecule has 1 aliphatic rings. The molecule has 3 aromatic carbocycles. The summed E-state index contributed by atoms with van der Waals surface area (Å²) in [6, 6.07) is 20.0. The largest absolute Gasteiger partial charge is 0.497 e. The highest BCUT2D eigenvalue weighted by Crippen LogP contribution is 2.35. The van der Waals surface area contributed by atoms with Gasteiger partial charge in [-0.3, -0.25) is 14.5 Å². The van der Waals surface area contributed by atoms with Crippen molar-refractivity contribution in [2.24, 2.45) is 0 Å². The number of hydrogen-bond acceptors (Lipinski definition) is 6. The zero-order valence-corrected chi connectivity index (χ0v) is 19.5. The van der Waals surface area contributed by atoms with E-state index < -0.39 is 11.8 Å². The van der Waals surface area contributed by atoms with E-state index in [1.165, 1.54) is 4.90 Å². The van der Waals surface area contributed by atoms with Gasteiger partial charge < -0.3 is 19.5 Å². The molecule has 0 spiro atoms. The predicted molar refractivity (Wildman–Crippen MR) is 130 cm³/mol. The fraction of sp³-hybridized carbons (Fsp3) is 0.185. The molecule has 34 heavy (non-hydrogen) atoms. The van der Waals surface area contributed by atoms with E-state index in [0.29, 0.717) is 28.5 Å². The Morgan fingerprint density at radius 2 is 1.50 bits per heavy atom. The fourth-order valence-corrected chi connectivity index (χ4v) is 3.92. The zero-order valence-electron chi connectivity index (χ0n) is 19.5. The van der Waals surface area contributed by atoms with E-state index in [1.54, 1.807) is 51.7 Å². The lowest BCUT2D eigenvalue weighted by molar-refractivity contribution is -0.137. The Balaban J connectivity index is 1.78. The Bertz CT molecular complexity index is 1260. The number of benzene rings is 3. The van der Waals surface area contributed by atoms with E-state index in [4.69, 9.17) is 14.2 Å². The van der Waals surface area contributed by atoms with Crippen molar-refractivity contribution < 1.29 is 23.8 Å². The number of amides is 2. The second-order valence-electron chi connectivity index (χ2n) is 7.82. The average molecular weight is 459 g/mol. The number of para-hydroxylation sites is 1. The summed E-state index contributed by atoms with van der Waals surface area (Å²) < 4.78 is 16.1. The molecule has 0 fully saturated rings. The summed E-state index contributed by atoms with van der Waals surface area (Å²) in [6.45, 7) is 2.02. The maximum atomic E-state index is 13.6. The van der Waals surface area contributed by atoms with Gasteiger partial charge in [-0.05, 0) is 48.4 Å². The Labute approximate surface area is 198 Å². The summed E-state index contributed by atoms with van der Waals surface area (Å²) in [6.07, 6.45) is 0. The van der Waals surface area contributed by atoms with Crippen LogP contribution in [0.4, 0.5) is 5.69 Å². The molecule has 1 heterocycles. The molecule has 174 valence electrons. The van der Waals surface area contributed by atoms with E-state index in [9.17, 15) is 9.59 Å². The van der Waals surface area contributed by atoms with Crippen LogP contribution in [0.5, 0.6) is 17.2 Å². The summed E-state index contributed by atoms with van der Waals surface area (Å²) in [5.41, 5.74) is 3.40. The molecule has 7 heteroatoms. The van der Waals surface area contributed by atoms with Crippen molar-refractivity contribution in [3.05, 3.63) is 89.1 Å². The number of anilines is 1. The number of nitrogens with zero attached hydrogens (tertiary/aromatic N) is 1. The molecule has 0 bridgehead atoms. The molecule has 1 N–H and O–H groups in total. The van der Waals surface area contributed by atoms with Crippen LogP contribution in [0.3, 0.4) is 0 Å². The quantitative estimate of drug-likeness (QED) is 0.504. The maximum Gasteiger partial charge on any atom is 0.278 e. The normalized spacial score (nSPS) is 13.4. The van der Waals surface area contributed by atoms with Crippen LogP contribution in [0.2, 0.25) is 0 Å². The highest BCUT2D eigenvalue weighted by Gasteiger charge is 2.39. The van der Waals surface area contributed by atoms with E-state index in [2.05, 4.69) is 5.32 Å². The van der Waals surface area contributed by atoms with Gasteiger partial charge in [0.05, 0.1) is 39.1 Å². The molecule has 0 aromatic heterocycles. The topological polar surface area (TPSA) is 77.1 Å². The lowest BCUT2D eigenvalue weighted by atomic mass is 10.0. The third-order valence-electron chi connectivity index (χ3n) is 5.68. The van der Waals surface area contributed by atoms with Gasteiger partial charge in [0.1, 0.15) is 22.9 Å². The highest BCUT2D eigenvalue weighted by molar-refractivity contribution is 6.36. The van der Waals surface area contributed by atoms with Crippen LogP contribution in [0.25, 0.3) is 5.57 Å². The minimum atomic E-state index is -0.426. The molecule has 0 radical (unpaired) electrons. The first kappa shape index (κ1) is 22.9. The van der Waals surface area contributed by atoms with Crippen LogP contribution in [0.1, 0.15) is 16.7 Å². The number of aryl methyl sites for hydroxylation is 1. The van der Waals surface area contributed by atoms with Crippen LogP contribution in [-0.2, 0) is 16.1 Å². The smallest absolute Gasteiger partial charge is 0.278 e. The molecule has 7 nitrogen and oxygen atoms in total. The van der Waals surface area contributed by atoms with Crippen molar-refractivity contribution in [2.45, 2.75) is 13.5 Å². The van der Waals surface area contributed by atoms with E-state index in [0.717, 1.165) is 11.1 Å². The first-order chi connectivity index (χ1) is 16.5. The summed E-state index contributed by atoms with van der Waals surface area (Å²) >= 11 is 0. The summed E-state index contributed by atoms with van der Waals surface area (Å²) in [4.78, 5) is 28.4. The molecule has 2 amide bonds. The van der Waals surface area contributed by atoms with Gasteiger partial charge in [-0.15, -0.1) is 0 Å². The first-order valence-corrected chi connectivity index (χ1v) is 10.7. The van der Waals surface area contributed by atoms with Gasteiger partial charge in [0.15, 0.2) is 0 Å². The number of nitrogens with one attached hydrogen (secondary N) is 1. The third kappa shape index (κ3) is 4.32. The maximum absolute atomic E-state index is 13.6. The molecule has 0 unspecified atom stereocenters. The van der Waals surface area contributed by atoms with Crippen molar-refractivity contribution in [1.29, 1.82) is 0 Å². The molecule has 0 aliphatic carbocycles. The Kier molecular flexibility index (Phi) is 6.54. The summed E-state index contributed by atoms with van der Waals surface area (Å²) in [5, 5.41) is 3.18. The van der Waals surface area contributed by atoms with Crippen LogP contribution in [-0.4, -0.2) is 38.0 Å². The minimum absolute atomic E-state index is 0.0808. The van der Waals surface area contributed by atoms with Crippen molar-refractivity contribution >= 4 is 23.1 Å². The molecule has 0 atom stereocenters. The van der Waals surface area contributed by atoms with Crippen LogP contribution < -0.4 is 19.5 Å². The average Bonchev–Trinajstić information content (AvgIpc) is 3.08. The number of carbonyl (C=O) groups excluding carboxylic acids is 2. The first-order valence-electron chi connectivity index (χ1n) is 10.7. The molecular formula is C27H26N2O5. The number of carbonyl (C=O) groups is 2. The number of hydrogen-bond donors (Lipinski definition) is 1. The second-order valence-corrected chi connectivity index (χ2v) is 7.82. The van der Waals surface area contributed by atoms with Crippen molar-refractivity contribution in [1.82, 2.24) is 4.90 Å². The van der Waals surface area contributed by atoms with E-state index >= 15 is 0 Å². The lowest BCUT2D eigenvalue weighted by Gasteiger charge is -2.17. The molecular weight excluding hydrogens is 432 g/mol. The summed E-state index contributed by atoms with van der Waals surface area (Å²) in [5.74, 6) is 1.01. The number of ether oxygens (including phenoxy) is 3. The number of imide groups is 1. The summed E-state index contributed by atoms with van der Waals surface area (Å²) in [7, 11) is 4.69. The van der Waals surface area contributed by atoms with Gasteiger partial charge in [0, 0.05) is 5.56 Å². The number of rotatable bonds is 8. The fourth-order valence-electron chi connectivity index (χ4n) is 3.92. The highest BCUT2D eigenvalue weighted by atomic mass is 16.5. The Hall–Kier alpha value is -4.26. The molecule has 0 saturated carbocycles. The molecule has 0 saturated heterocycles. The standard InChI is InChI=1S/C27H26N2O5/c1-17-9-14-23(34-4)21(15-17)28-25-24(18-10-12-20(32-2)13-11-18)26(30)29(27(25)31)16-19-7-5-6-8-22(19)33-3/h5-15,28H,16H2,1-4H3. The van der Waals surface area contributed by atoms with Gasteiger partial charge in [-0.1, -0.05) is 36.4 Å². The molecule has 4 rings (SSSR count). The third-order valence-corrected chi connectivity index (χ3v) is 5.68. The lowest BCUT2D eigenvalue weighted by Crippen LogP contribution is -2.32. The van der Waals surface area contributed by atoms with Gasteiger partial charge >= 0.3 is 0 Å². The monoisotopic (exact) mass is 458 g/mol. The zero-order chi connectivity index (χ0) is 24.2. The van der Waals surface area contributed by atoms with Gasteiger partial charge in [-0.2, -0.15) is 0 Å². The SMILES string of the molecule is COc1ccc(C2=C(Nc3cc(C)ccc3OC)C(=O)N(Cc3ccccc3OC)C2=O)cc1. The Morgan fingerprint density at radius 3 is 2.18 bits per heavy atom. The van der Waals surface area contributed by atoms with E-state index in [-0.39, 0.29) is 17.8 Å². The van der Waals surface area contributed by atoms with Gasteiger partial charge in [0.25, 0.3) is 11.8 Å². The van der Waals surface area contributed by atoms with Crippen LogP contribution >= 0.6 is 0 Å². The Morgan fingerprint density at radius 1 is 0.794 bits per heavy atom. The van der Waals surface area contributed by atoms with Crippen LogP contribution in [0.15, 0.2) is 72.4 Å². The van der Waals surface area contributed by atoms with Crippen molar-refractivity contribution in [2.75, 3.05) is 26.6 Å². The van der Waals surface area contributed by atoms with Crippen LogP contribution in [0, 0.1) is 6.92 Å². The predicted octanol–water partition coefficient (Wildman–Crippen LogP) is 4.41.